The van der Waals surface area contributed by atoms with Crippen molar-refractivity contribution >= 4 is 23.5 Å². The number of carbonyl (C=O) groups is 1. The largest absolute Gasteiger partial charge is 0.438 e. The molecule has 0 radical (unpaired) electrons. The van der Waals surface area contributed by atoms with Gasteiger partial charge in [0.2, 0.25) is 5.88 Å². The summed E-state index contributed by atoms with van der Waals surface area (Å²) in [6, 6.07) is 16.2. The maximum absolute atomic E-state index is 12.6. The van der Waals surface area contributed by atoms with E-state index in [4.69, 9.17) is 16.3 Å². The number of nitrogens with zero attached hydrogens (tertiary/aromatic N) is 1. The van der Waals surface area contributed by atoms with E-state index in [0.717, 1.165) is 11.6 Å². The van der Waals surface area contributed by atoms with E-state index in [1.165, 1.54) is 6.08 Å². The molecule has 1 heterocycles. The SMILES string of the molecule is O=C(/C=C/c1ccc(Oc2ncc(C(F)(F)F)cc2Cl)cc1)c1ccccc1. The molecule has 2 aromatic carbocycles. The molecule has 3 aromatic rings. The third kappa shape index (κ3) is 4.98. The van der Waals surface area contributed by atoms with Crippen LogP contribution in [0.1, 0.15) is 21.5 Å². The van der Waals surface area contributed by atoms with Crippen molar-refractivity contribution in [1.82, 2.24) is 4.98 Å². The molecule has 7 heteroatoms. The minimum Gasteiger partial charge on any atom is -0.438 e. The fraction of sp³-hybridized carbons (Fsp3) is 0.0476. The zero-order chi connectivity index (χ0) is 20.1. The Morgan fingerprint density at radius 2 is 1.71 bits per heavy atom. The van der Waals surface area contributed by atoms with Crippen molar-refractivity contribution in [3.63, 3.8) is 0 Å². The average Bonchev–Trinajstić information content (AvgIpc) is 2.68. The molecule has 0 amide bonds. The van der Waals surface area contributed by atoms with Crippen LogP contribution in [0.2, 0.25) is 5.02 Å². The number of hydrogen-bond donors (Lipinski definition) is 0. The van der Waals surface area contributed by atoms with Crippen LogP contribution in [0, 0.1) is 0 Å². The van der Waals surface area contributed by atoms with Crippen LogP contribution in [-0.4, -0.2) is 10.8 Å². The first-order valence-electron chi connectivity index (χ1n) is 8.11. The van der Waals surface area contributed by atoms with E-state index >= 15 is 0 Å². The number of ketones is 1. The molecule has 3 nitrogen and oxygen atoms in total. The molecule has 0 fully saturated rings. The monoisotopic (exact) mass is 403 g/mol. The minimum absolute atomic E-state index is 0.123. The first-order valence-corrected chi connectivity index (χ1v) is 8.49. The Hall–Kier alpha value is -3.12. The van der Waals surface area contributed by atoms with Gasteiger partial charge >= 0.3 is 6.18 Å². The molecule has 0 saturated heterocycles. The summed E-state index contributed by atoms with van der Waals surface area (Å²) < 4.78 is 43.3. The molecule has 142 valence electrons. The van der Waals surface area contributed by atoms with Gasteiger partial charge in [-0.25, -0.2) is 4.98 Å². The van der Waals surface area contributed by atoms with Crippen molar-refractivity contribution in [3.05, 3.63) is 94.6 Å². The third-order valence-electron chi connectivity index (χ3n) is 3.71. The highest BCUT2D eigenvalue weighted by Crippen LogP contribution is 2.34. The number of aromatic nitrogens is 1. The number of ether oxygens (including phenoxy) is 1. The number of halogens is 4. The van der Waals surface area contributed by atoms with E-state index in [1.807, 2.05) is 6.07 Å². The van der Waals surface area contributed by atoms with Gasteiger partial charge in [-0.05, 0) is 29.8 Å². The van der Waals surface area contributed by atoms with Gasteiger partial charge in [-0.2, -0.15) is 13.2 Å². The molecule has 0 unspecified atom stereocenters. The van der Waals surface area contributed by atoms with E-state index in [0.29, 0.717) is 17.5 Å². The van der Waals surface area contributed by atoms with Gasteiger partial charge in [-0.15, -0.1) is 0 Å². The highest BCUT2D eigenvalue weighted by Gasteiger charge is 2.31. The van der Waals surface area contributed by atoms with Crippen molar-refractivity contribution in [1.29, 1.82) is 0 Å². The van der Waals surface area contributed by atoms with Crippen LogP contribution in [0.4, 0.5) is 13.2 Å². The number of hydrogen-bond acceptors (Lipinski definition) is 3. The summed E-state index contributed by atoms with van der Waals surface area (Å²) in [7, 11) is 0. The normalized spacial score (nSPS) is 11.6. The number of benzene rings is 2. The van der Waals surface area contributed by atoms with Gasteiger partial charge in [-0.3, -0.25) is 4.79 Å². The summed E-state index contributed by atoms with van der Waals surface area (Å²) in [5.74, 6) is 0.0968. The topological polar surface area (TPSA) is 39.2 Å². The molecule has 0 aliphatic rings. The molecule has 0 aliphatic carbocycles. The Kier molecular flexibility index (Phi) is 5.80. The molecule has 0 bridgehead atoms. The van der Waals surface area contributed by atoms with Crippen LogP contribution in [0.3, 0.4) is 0 Å². The summed E-state index contributed by atoms with van der Waals surface area (Å²) in [5, 5.41) is -0.243. The van der Waals surface area contributed by atoms with E-state index in [-0.39, 0.29) is 16.7 Å². The number of carbonyl (C=O) groups excluding carboxylic acids is 1. The highest BCUT2D eigenvalue weighted by molar-refractivity contribution is 6.31. The van der Waals surface area contributed by atoms with E-state index in [1.54, 1.807) is 54.6 Å². The van der Waals surface area contributed by atoms with Gasteiger partial charge in [0.15, 0.2) is 5.78 Å². The van der Waals surface area contributed by atoms with Crippen molar-refractivity contribution in [3.8, 4) is 11.6 Å². The standard InChI is InChI=1S/C21H13ClF3NO2/c22-18-12-16(21(23,24)25)13-26-20(18)28-17-9-6-14(7-10-17)8-11-19(27)15-4-2-1-3-5-15/h1-13H/b11-8+. The number of alkyl halides is 3. The third-order valence-corrected chi connectivity index (χ3v) is 3.99. The van der Waals surface area contributed by atoms with E-state index < -0.39 is 11.7 Å². The van der Waals surface area contributed by atoms with Gasteiger partial charge < -0.3 is 4.74 Å². The summed E-state index contributed by atoms with van der Waals surface area (Å²) in [6.07, 6.45) is -0.754. The second-order valence-corrected chi connectivity index (χ2v) is 6.15. The zero-order valence-electron chi connectivity index (χ0n) is 14.3. The molecule has 0 atom stereocenters. The second kappa shape index (κ2) is 8.27. The molecule has 0 N–H and O–H groups in total. The van der Waals surface area contributed by atoms with Crippen molar-refractivity contribution in [2.45, 2.75) is 6.18 Å². The molecule has 28 heavy (non-hydrogen) atoms. The van der Waals surface area contributed by atoms with Crippen molar-refractivity contribution in [2.75, 3.05) is 0 Å². The Balaban J connectivity index is 1.68. The molecule has 0 saturated carbocycles. The lowest BCUT2D eigenvalue weighted by atomic mass is 10.1. The van der Waals surface area contributed by atoms with Gasteiger partial charge in [-0.1, -0.05) is 60.1 Å². The fourth-order valence-electron chi connectivity index (χ4n) is 2.28. The van der Waals surface area contributed by atoms with Gasteiger partial charge in [0.1, 0.15) is 10.8 Å². The molecule has 0 aliphatic heterocycles. The minimum atomic E-state index is -4.53. The van der Waals surface area contributed by atoms with Gasteiger partial charge in [0.05, 0.1) is 5.56 Å². The molecule has 0 spiro atoms. The smallest absolute Gasteiger partial charge is 0.417 e. The van der Waals surface area contributed by atoms with Crippen LogP contribution < -0.4 is 4.74 Å². The maximum atomic E-state index is 12.6. The summed E-state index contributed by atoms with van der Waals surface area (Å²) in [5.41, 5.74) is 0.387. The van der Waals surface area contributed by atoms with Crippen LogP contribution in [0.15, 0.2) is 72.9 Å². The molecule has 3 rings (SSSR count). The lowest BCUT2D eigenvalue weighted by molar-refractivity contribution is -0.137. The molecular weight excluding hydrogens is 391 g/mol. The quantitative estimate of drug-likeness (QED) is 0.363. The summed E-state index contributed by atoms with van der Waals surface area (Å²) in [6.45, 7) is 0. The fourth-order valence-corrected chi connectivity index (χ4v) is 2.49. The van der Waals surface area contributed by atoms with Crippen LogP contribution in [0.25, 0.3) is 6.08 Å². The van der Waals surface area contributed by atoms with Crippen molar-refractivity contribution < 1.29 is 22.7 Å². The first-order chi connectivity index (χ1) is 13.3. The lowest BCUT2D eigenvalue weighted by Crippen LogP contribution is -2.05. The average molecular weight is 404 g/mol. The van der Waals surface area contributed by atoms with Gasteiger partial charge in [0, 0.05) is 11.8 Å². The Morgan fingerprint density at radius 3 is 2.32 bits per heavy atom. The molecular formula is C21H13ClF3NO2. The second-order valence-electron chi connectivity index (χ2n) is 5.74. The predicted molar refractivity (Wildman–Crippen MR) is 101 cm³/mol. The first kappa shape index (κ1) is 19.6. The Bertz CT molecular complexity index is 1000. The summed E-state index contributed by atoms with van der Waals surface area (Å²) >= 11 is 5.82. The highest BCUT2D eigenvalue weighted by atomic mass is 35.5. The van der Waals surface area contributed by atoms with E-state index in [9.17, 15) is 18.0 Å². The number of allylic oxidation sites excluding steroid dienone is 1. The number of pyridine rings is 1. The lowest BCUT2D eigenvalue weighted by Gasteiger charge is -2.10. The Labute approximate surface area is 164 Å². The van der Waals surface area contributed by atoms with Crippen molar-refractivity contribution in [2.24, 2.45) is 0 Å². The predicted octanol–water partition coefficient (Wildman–Crippen LogP) is 6.44. The Morgan fingerprint density at radius 1 is 1.04 bits per heavy atom. The van der Waals surface area contributed by atoms with Gasteiger partial charge in [0.25, 0.3) is 0 Å². The zero-order valence-corrected chi connectivity index (χ0v) is 15.0. The maximum Gasteiger partial charge on any atom is 0.417 e. The van der Waals surface area contributed by atoms with Crippen LogP contribution in [-0.2, 0) is 6.18 Å². The number of rotatable bonds is 5. The van der Waals surface area contributed by atoms with Crippen LogP contribution >= 0.6 is 11.6 Å². The van der Waals surface area contributed by atoms with E-state index in [2.05, 4.69) is 4.98 Å². The molecule has 1 aromatic heterocycles. The summed E-state index contributed by atoms with van der Waals surface area (Å²) in [4.78, 5) is 15.7. The van der Waals surface area contributed by atoms with Crippen LogP contribution in [0.5, 0.6) is 11.6 Å².